The molecule has 5 nitrogen and oxygen atoms in total. The van der Waals surface area contributed by atoms with Crippen LogP contribution in [0.1, 0.15) is 48.3 Å². The maximum absolute atomic E-state index is 12.6. The summed E-state index contributed by atoms with van der Waals surface area (Å²) >= 11 is 0. The summed E-state index contributed by atoms with van der Waals surface area (Å²) in [5, 5.41) is 3.00. The summed E-state index contributed by atoms with van der Waals surface area (Å²) in [4.78, 5) is 22.0. The number of aromatic nitrogens is 1. The number of carbonyl (C=O) groups is 1. The van der Waals surface area contributed by atoms with Gasteiger partial charge in [-0.1, -0.05) is 0 Å². The standard InChI is InChI=1S/C19H30N4O/c1-13(2)20-19(24)16-11-15-7-9-23(12-14-5-6-14)10-8-17(15)21-18(16)22(3)4/h11,13-14H,5-10,12H2,1-4H3,(H,20,24). The minimum atomic E-state index is -0.0249. The second kappa shape index (κ2) is 7.09. The maximum Gasteiger partial charge on any atom is 0.255 e. The van der Waals surface area contributed by atoms with Gasteiger partial charge in [-0.15, -0.1) is 0 Å². The van der Waals surface area contributed by atoms with E-state index in [1.165, 1.54) is 24.9 Å². The third kappa shape index (κ3) is 4.07. The highest BCUT2D eigenvalue weighted by atomic mass is 16.1. The SMILES string of the molecule is CC(C)NC(=O)c1cc2c(nc1N(C)C)CCN(CC1CC1)CC2. The second-order valence-electron chi connectivity index (χ2n) is 7.73. The first-order valence-electron chi connectivity index (χ1n) is 9.17. The second-order valence-corrected chi connectivity index (χ2v) is 7.73. The van der Waals surface area contributed by atoms with Crippen LogP contribution in [0.4, 0.5) is 5.82 Å². The van der Waals surface area contributed by atoms with Crippen LogP contribution in [-0.2, 0) is 12.8 Å². The van der Waals surface area contributed by atoms with Crippen molar-refractivity contribution in [2.24, 2.45) is 5.92 Å². The molecule has 24 heavy (non-hydrogen) atoms. The molecule has 1 saturated carbocycles. The van der Waals surface area contributed by atoms with Gasteiger partial charge in [0.05, 0.1) is 5.56 Å². The van der Waals surface area contributed by atoms with E-state index >= 15 is 0 Å². The highest BCUT2D eigenvalue weighted by Crippen LogP contribution is 2.30. The molecule has 0 unspecified atom stereocenters. The Morgan fingerprint density at radius 1 is 1.33 bits per heavy atom. The highest BCUT2D eigenvalue weighted by molar-refractivity contribution is 5.99. The molecule has 132 valence electrons. The van der Waals surface area contributed by atoms with Crippen molar-refractivity contribution in [2.45, 2.75) is 45.6 Å². The first-order valence-corrected chi connectivity index (χ1v) is 9.17. The Hall–Kier alpha value is -1.62. The summed E-state index contributed by atoms with van der Waals surface area (Å²) in [5.41, 5.74) is 3.11. The summed E-state index contributed by atoms with van der Waals surface area (Å²) in [5.74, 6) is 1.68. The molecule has 1 amide bonds. The quantitative estimate of drug-likeness (QED) is 0.898. The van der Waals surface area contributed by atoms with E-state index in [2.05, 4.69) is 16.3 Å². The number of hydrogen-bond donors (Lipinski definition) is 1. The van der Waals surface area contributed by atoms with Gasteiger partial charge in [0.15, 0.2) is 0 Å². The molecule has 0 saturated heterocycles. The van der Waals surface area contributed by atoms with Crippen LogP contribution in [0.15, 0.2) is 6.07 Å². The lowest BCUT2D eigenvalue weighted by molar-refractivity contribution is 0.0943. The molecular weight excluding hydrogens is 300 g/mol. The van der Waals surface area contributed by atoms with Crippen LogP contribution in [-0.4, -0.2) is 55.6 Å². The number of amides is 1. The van der Waals surface area contributed by atoms with E-state index in [1.807, 2.05) is 32.8 Å². The zero-order valence-electron chi connectivity index (χ0n) is 15.4. The molecule has 0 radical (unpaired) electrons. The third-order valence-corrected chi connectivity index (χ3v) is 4.83. The molecule has 2 heterocycles. The Morgan fingerprint density at radius 2 is 2.04 bits per heavy atom. The molecule has 2 aliphatic rings. The largest absolute Gasteiger partial charge is 0.362 e. The Balaban J connectivity index is 1.84. The van der Waals surface area contributed by atoms with Crippen LogP contribution < -0.4 is 10.2 Å². The highest BCUT2D eigenvalue weighted by Gasteiger charge is 2.26. The summed E-state index contributed by atoms with van der Waals surface area (Å²) in [7, 11) is 3.91. The lowest BCUT2D eigenvalue weighted by Gasteiger charge is -2.19. The molecule has 0 spiro atoms. The Labute approximate surface area is 145 Å². The van der Waals surface area contributed by atoms with E-state index in [4.69, 9.17) is 4.98 Å². The molecule has 0 aromatic carbocycles. The van der Waals surface area contributed by atoms with Gasteiger partial charge in [0.2, 0.25) is 0 Å². The number of fused-ring (bicyclic) bond motifs is 1. The fourth-order valence-electron chi connectivity index (χ4n) is 3.37. The minimum Gasteiger partial charge on any atom is -0.362 e. The van der Waals surface area contributed by atoms with E-state index in [-0.39, 0.29) is 11.9 Å². The minimum absolute atomic E-state index is 0.0249. The van der Waals surface area contributed by atoms with Gasteiger partial charge in [-0.3, -0.25) is 4.79 Å². The van der Waals surface area contributed by atoms with Crippen LogP contribution in [0.3, 0.4) is 0 Å². The normalized spacial score (nSPS) is 18.2. The van der Waals surface area contributed by atoms with Crippen LogP contribution in [0.25, 0.3) is 0 Å². The average Bonchev–Trinajstić information content (AvgIpc) is 3.33. The van der Waals surface area contributed by atoms with Gasteiger partial charge in [0, 0.05) is 51.9 Å². The molecule has 5 heteroatoms. The van der Waals surface area contributed by atoms with Gasteiger partial charge < -0.3 is 15.1 Å². The van der Waals surface area contributed by atoms with Crippen molar-refractivity contribution < 1.29 is 4.79 Å². The van der Waals surface area contributed by atoms with Gasteiger partial charge in [-0.05, 0) is 50.7 Å². The number of hydrogen-bond acceptors (Lipinski definition) is 4. The Kier molecular flexibility index (Phi) is 5.09. The van der Waals surface area contributed by atoms with Crippen LogP contribution in [0.5, 0.6) is 0 Å². The van der Waals surface area contributed by atoms with E-state index in [0.29, 0.717) is 5.56 Å². The maximum atomic E-state index is 12.6. The third-order valence-electron chi connectivity index (χ3n) is 4.83. The van der Waals surface area contributed by atoms with Crippen molar-refractivity contribution in [1.29, 1.82) is 0 Å². The van der Waals surface area contributed by atoms with Crippen molar-refractivity contribution in [3.63, 3.8) is 0 Å². The lowest BCUT2D eigenvalue weighted by Crippen LogP contribution is -2.32. The van der Waals surface area contributed by atoms with Crippen molar-refractivity contribution in [3.8, 4) is 0 Å². The smallest absolute Gasteiger partial charge is 0.255 e. The van der Waals surface area contributed by atoms with E-state index in [9.17, 15) is 4.79 Å². The fraction of sp³-hybridized carbons (Fsp3) is 0.684. The summed E-state index contributed by atoms with van der Waals surface area (Å²) in [6.07, 6.45) is 4.76. The van der Waals surface area contributed by atoms with Gasteiger partial charge in [0.1, 0.15) is 5.82 Å². The number of nitrogens with one attached hydrogen (secondary N) is 1. The van der Waals surface area contributed by atoms with Crippen LogP contribution >= 0.6 is 0 Å². The van der Waals surface area contributed by atoms with Crippen LogP contribution in [0.2, 0.25) is 0 Å². The number of carbonyl (C=O) groups excluding carboxylic acids is 1. The van der Waals surface area contributed by atoms with Gasteiger partial charge in [-0.2, -0.15) is 0 Å². The molecule has 1 aromatic heterocycles. The topological polar surface area (TPSA) is 48.5 Å². The monoisotopic (exact) mass is 330 g/mol. The predicted molar refractivity (Wildman–Crippen MR) is 97.7 cm³/mol. The number of anilines is 1. The van der Waals surface area contributed by atoms with E-state index < -0.39 is 0 Å². The lowest BCUT2D eigenvalue weighted by atomic mass is 10.0. The van der Waals surface area contributed by atoms with Crippen molar-refractivity contribution in [2.75, 3.05) is 38.6 Å². The molecule has 1 fully saturated rings. The predicted octanol–water partition coefficient (Wildman–Crippen LogP) is 2.10. The van der Waals surface area contributed by atoms with Crippen molar-refractivity contribution in [1.82, 2.24) is 15.2 Å². The first kappa shape index (κ1) is 17.2. The van der Waals surface area contributed by atoms with Gasteiger partial charge in [-0.25, -0.2) is 4.98 Å². The summed E-state index contributed by atoms with van der Waals surface area (Å²) < 4.78 is 0. The summed E-state index contributed by atoms with van der Waals surface area (Å²) in [6.45, 7) is 7.37. The number of pyridine rings is 1. The number of rotatable bonds is 5. The molecule has 1 aromatic rings. The van der Waals surface area contributed by atoms with Crippen molar-refractivity contribution in [3.05, 3.63) is 22.9 Å². The molecule has 1 N–H and O–H groups in total. The molecule has 0 bridgehead atoms. The van der Waals surface area contributed by atoms with Gasteiger partial charge >= 0.3 is 0 Å². The zero-order chi connectivity index (χ0) is 17.3. The molecular formula is C19H30N4O. The molecule has 0 atom stereocenters. The van der Waals surface area contributed by atoms with Gasteiger partial charge in [0.25, 0.3) is 5.91 Å². The summed E-state index contributed by atoms with van der Waals surface area (Å²) in [6, 6.07) is 2.20. The molecule has 1 aliphatic heterocycles. The first-order chi connectivity index (χ1) is 11.4. The van der Waals surface area contributed by atoms with Crippen molar-refractivity contribution >= 4 is 11.7 Å². The fourth-order valence-corrected chi connectivity index (χ4v) is 3.37. The molecule has 3 rings (SSSR count). The zero-order valence-corrected chi connectivity index (χ0v) is 15.4. The molecule has 1 aliphatic carbocycles. The Morgan fingerprint density at radius 3 is 2.67 bits per heavy atom. The average molecular weight is 330 g/mol. The number of nitrogens with zero attached hydrogens (tertiary/aromatic N) is 3. The van der Waals surface area contributed by atoms with E-state index in [0.717, 1.165) is 43.4 Å². The van der Waals surface area contributed by atoms with Crippen LogP contribution in [0, 0.1) is 5.92 Å². The Bertz CT molecular complexity index is 608. The van der Waals surface area contributed by atoms with E-state index in [1.54, 1.807) is 0 Å².